The van der Waals surface area contributed by atoms with E-state index in [1.807, 2.05) is 0 Å². The fourth-order valence-electron chi connectivity index (χ4n) is 5.84. The molecule has 3 aliphatic rings. The zero-order chi connectivity index (χ0) is 23.6. The molecule has 3 rings (SSSR count). The highest BCUT2D eigenvalue weighted by Gasteiger charge is 2.52. The fourth-order valence-corrected chi connectivity index (χ4v) is 5.84. The summed E-state index contributed by atoms with van der Waals surface area (Å²) in [5.41, 5.74) is 10.7. The first-order valence-electron chi connectivity index (χ1n) is 13.4. The topological polar surface area (TPSA) is 118 Å². The fraction of sp³-hybridized carbons (Fsp3) is 0.880. The average molecular weight is 464 g/mol. The van der Waals surface area contributed by atoms with E-state index in [9.17, 15) is 4.79 Å². The first-order chi connectivity index (χ1) is 16.0. The van der Waals surface area contributed by atoms with E-state index in [0.717, 1.165) is 25.2 Å². The maximum absolute atomic E-state index is 13.0. The van der Waals surface area contributed by atoms with Crippen LogP contribution in [0.1, 0.15) is 97.3 Å². The predicted molar refractivity (Wildman–Crippen MR) is 133 cm³/mol. The lowest BCUT2D eigenvalue weighted by atomic mass is 9.89. The Bertz CT molecular complexity index is 690. The van der Waals surface area contributed by atoms with Crippen molar-refractivity contribution in [2.75, 3.05) is 13.2 Å². The van der Waals surface area contributed by atoms with Crippen LogP contribution >= 0.6 is 0 Å². The van der Waals surface area contributed by atoms with Gasteiger partial charge >= 0.3 is 11.9 Å². The van der Waals surface area contributed by atoms with Crippen LogP contribution in [0.2, 0.25) is 0 Å². The Morgan fingerprint density at radius 3 is 2.58 bits per heavy atom. The number of nitrogens with two attached hydrogens (primary N) is 2. The number of aliphatic imine (C=N–C) groups is 1. The molecule has 6 N–H and O–H groups in total. The Kier molecular flexibility index (Phi) is 10.1. The van der Waals surface area contributed by atoms with Crippen molar-refractivity contribution < 1.29 is 14.1 Å². The number of hydrogen-bond donors (Lipinski definition) is 4. The molecular weight excluding hydrogens is 416 g/mol. The second kappa shape index (κ2) is 13.0. The van der Waals surface area contributed by atoms with Crippen LogP contribution in [0.4, 0.5) is 0 Å². The molecule has 5 atom stereocenters. The molecule has 3 heterocycles. The van der Waals surface area contributed by atoms with Crippen LogP contribution in [0.15, 0.2) is 4.99 Å². The van der Waals surface area contributed by atoms with E-state index in [1.165, 1.54) is 64.2 Å². The van der Waals surface area contributed by atoms with Crippen molar-refractivity contribution in [2.24, 2.45) is 22.4 Å². The monoisotopic (exact) mass is 463 g/mol. The largest absolute Gasteiger partial charge is 0.465 e. The van der Waals surface area contributed by atoms with Crippen LogP contribution in [-0.4, -0.2) is 59.8 Å². The van der Waals surface area contributed by atoms with Crippen molar-refractivity contribution in [3.05, 3.63) is 0 Å². The van der Waals surface area contributed by atoms with Crippen molar-refractivity contribution in [1.29, 1.82) is 0 Å². The van der Waals surface area contributed by atoms with Crippen molar-refractivity contribution in [3.8, 4) is 0 Å². The van der Waals surface area contributed by atoms with Crippen LogP contribution in [0.5, 0.6) is 0 Å². The SMILES string of the molecule is CCCCCCCCCC1C[C@@H]2CCC3[C@@H](C(=O)OCCCCN=C(N)N)[C@@H](C)NC(=[N+]32)N1. The van der Waals surface area contributed by atoms with E-state index < -0.39 is 0 Å². The summed E-state index contributed by atoms with van der Waals surface area (Å²) >= 11 is 0. The maximum atomic E-state index is 13.0. The van der Waals surface area contributed by atoms with E-state index in [4.69, 9.17) is 16.2 Å². The molecule has 0 radical (unpaired) electrons. The number of carbonyl (C=O) groups excluding carboxylic acids is 1. The first kappa shape index (κ1) is 25.6. The molecule has 0 aromatic rings. The van der Waals surface area contributed by atoms with Crippen LogP contribution in [-0.2, 0) is 9.53 Å². The Morgan fingerprint density at radius 2 is 1.82 bits per heavy atom. The number of ether oxygens (including phenoxy) is 1. The number of esters is 1. The lowest BCUT2D eigenvalue weighted by molar-refractivity contribution is -0.598. The molecule has 33 heavy (non-hydrogen) atoms. The highest BCUT2D eigenvalue weighted by atomic mass is 16.5. The molecule has 0 aromatic carbocycles. The van der Waals surface area contributed by atoms with Gasteiger partial charge in [0.2, 0.25) is 0 Å². The van der Waals surface area contributed by atoms with Gasteiger partial charge in [0.15, 0.2) is 5.96 Å². The maximum Gasteiger partial charge on any atom is 0.346 e. The Morgan fingerprint density at radius 1 is 1.06 bits per heavy atom. The molecule has 188 valence electrons. The van der Waals surface area contributed by atoms with E-state index in [-0.39, 0.29) is 29.9 Å². The van der Waals surface area contributed by atoms with Gasteiger partial charge in [-0.3, -0.25) is 25.0 Å². The zero-order valence-corrected chi connectivity index (χ0v) is 20.9. The van der Waals surface area contributed by atoms with Crippen molar-refractivity contribution in [1.82, 2.24) is 10.6 Å². The molecule has 0 spiro atoms. The first-order valence-corrected chi connectivity index (χ1v) is 13.4. The van der Waals surface area contributed by atoms with Crippen LogP contribution in [0, 0.1) is 5.92 Å². The molecule has 2 unspecified atom stereocenters. The van der Waals surface area contributed by atoms with Crippen LogP contribution in [0.25, 0.3) is 0 Å². The molecule has 8 nitrogen and oxygen atoms in total. The summed E-state index contributed by atoms with van der Waals surface area (Å²) in [7, 11) is 0. The molecule has 1 fully saturated rings. The van der Waals surface area contributed by atoms with E-state index in [0.29, 0.717) is 25.2 Å². The number of carbonyl (C=O) groups is 1. The summed E-state index contributed by atoms with van der Waals surface area (Å²) in [5, 5.41) is 7.39. The third-order valence-electron chi connectivity index (χ3n) is 7.54. The average Bonchev–Trinajstić information content (AvgIpc) is 3.19. The highest BCUT2D eigenvalue weighted by molar-refractivity contribution is 5.81. The van der Waals surface area contributed by atoms with Gasteiger partial charge in [-0.15, -0.1) is 0 Å². The molecule has 0 aliphatic carbocycles. The number of guanidine groups is 2. The van der Waals surface area contributed by atoms with Gasteiger partial charge in [-0.1, -0.05) is 51.9 Å². The number of nitrogens with one attached hydrogen (secondary N) is 2. The summed E-state index contributed by atoms with van der Waals surface area (Å²) in [6.45, 7) is 5.38. The van der Waals surface area contributed by atoms with Crippen molar-refractivity contribution >= 4 is 17.9 Å². The van der Waals surface area contributed by atoms with Crippen molar-refractivity contribution in [2.45, 2.75) is 121 Å². The minimum absolute atomic E-state index is 0.0685. The minimum atomic E-state index is -0.127. The normalized spacial score (nSPS) is 28.0. The number of nitrogens with zero attached hydrogens (tertiary/aromatic N) is 2. The highest BCUT2D eigenvalue weighted by Crippen LogP contribution is 2.35. The second-order valence-electron chi connectivity index (χ2n) is 10.2. The molecule has 8 heteroatoms. The van der Waals surface area contributed by atoms with Crippen LogP contribution in [0.3, 0.4) is 0 Å². The summed E-state index contributed by atoms with van der Waals surface area (Å²) in [6.07, 6.45) is 15.7. The number of hydrogen-bond acceptors (Lipinski definition) is 5. The molecule has 0 saturated carbocycles. The van der Waals surface area contributed by atoms with Gasteiger partial charge in [0.25, 0.3) is 0 Å². The van der Waals surface area contributed by atoms with Gasteiger partial charge in [-0.2, -0.15) is 0 Å². The van der Waals surface area contributed by atoms with Gasteiger partial charge in [-0.05, 0) is 39.0 Å². The Balaban J connectivity index is 1.45. The molecule has 0 aromatic heterocycles. The Hall–Kier alpha value is -1.99. The Labute approximate surface area is 200 Å². The molecule has 1 saturated heterocycles. The smallest absolute Gasteiger partial charge is 0.346 e. The molecule has 3 aliphatic heterocycles. The van der Waals surface area contributed by atoms with Gasteiger partial charge < -0.3 is 16.2 Å². The quantitative estimate of drug-likeness (QED) is 0.103. The summed E-state index contributed by atoms with van der Waals surface area (Å²) < 4.78 is 8.13. The number of unbranched alkanes of at least 4 members (excludes halogenated alkanes) is 7. The summed E-state index contributed by atoms with van der Waals surface area (Å²) in [6, 6.07) is 1.39. The standard InChI is InChI=1S/C25H46N6O2/c1-3-4-5-6-7-8-9-12-19-17-20-13-14-21-22(18(2)29-25(30-19)31(20)21)23(32)33-16-11-10-15-28-24(26)27/h18-22H,3-17H2,1-2H3,(H5,26,27,28,29,30)/p+1/t18-,19?,20+,21?,22+/m1/s1. The lowest BCUT2D eigenvalue weighted by Gasteiger charge is -2.38. The van der Waals surface area contributed by atoms with E-state index in [1.54, 1.807) is 0 Å². The van der Waals surface area contributed by atoms with Gasteiger partial charge in [0.1, 0.15) is 5.92 Å². The third-order valence-corrected chi connectivity index (χ3v) is 7.54. The summed E-state index contributed by atoms with van der Waals surface area (Å²) in [4.78, 5) is 16.9. The predicted octanol–water partition coefficient (Wildman–Crippen LogP) is 2.59. The van der Waals surface area contributed by atoms with Crippen LogP contribution < -0.4 is 22.1 Å². The lowest BCUT2D eigenvalue weighted by Crippen LogP contribution is -2.66. The van der Waals surface area contributed by atoms with E-state index >= 15 is 0 Å². The van der Waals surface area contributed by atoms with Crippen molar-refractivity contribution in [3.63, 3.8) is 0 Å². The van der Waals surface area contributed by atoms with E-state index in [2.05, 4.69) is 34.0 Å². The minimum Gasteiger partial charge on any atom is -0.465 e. The van der Waals surface area contributed by atoms with Gasteiger partial charge in [0.05, 0.1) is 30.8 Å². The molecule has 0 amide bonds. The molecular formula is C25H47N6O2+. The zero-order valence-electron chi connectivity index (χ0n) is 20.9. The second-order valence-corrected chi connectivity index (χ2v) is 10.2. The summed E-state index contributed by atoms with van der Waals surface area (Å²) in [5.74, 6) is 1.05. The number of rotatable bonds is 14. The van der Waals surface area contributed by atoms with Gasteiger partial charge in [-0.25, -0.2) is 0 Å². The molecule has 0 bridgehead atoms. The van der Waals surface area contributed by atoms with Gasteiger partial charge in [0, 0.05) is 13.0 Å². The third kappa shape index (κ3) is 7.24.